The lowest BCUT2D eigenvalue weighted by molar-refractivity contribution is 0.0736. The Balaban J connectivity index is 2.77. The fraction of sp³-hybridized carbons (Fsp3) is 0.571. The first-order valence-corrected chi connectivity index (χ1v) is 6.21. The Hall–Kier alpha value is -1.42. The van der Waals surface area contributed by atoms with E-state index in [1.807, 2.05) is 6.92 Å². The molecule has 1 aromatic heterocycles. The molecule has 0 aromatic carbocycles. The number of amides is 1. The van der Waals surface area contributed by atoms with Crippen molar-refractivity contribution < 1.29 is 9.90 Å². The molecule has 0 aliphatic rings. The van der Waals surface area contributed by atoms with Crippen molar-refractivity contribution in [3.05, 3.63) is 29.6 Å². The summed E-state index contributed by atoms with van der Waals surface area (Å²) in [5.41, 5.74) is 0.0757. The molecule has 0 bridgehead atoms. The van der Waals surface area contributed by atoms with Gasteiger partial charge in [0, 0.05) is 12.2 Å². The van der Waals surface area contributed by atoms with Gasteiger partial charge in [-0.15, -0.1) is 0 Å². The van der Waals surface area contributed by atoms with Gasteiger partial charge in [-0.3, -0.25) is 9.78 Å². The number of aromatic nitrogens is 1. The molecule has 1 amide bonds. The minimum absolute atomic E-state index is 0.117. The summed E-state index contributed by atoms with van der Waals surface area (Å²) in [5.74, 6) is 0.253. The molecule has 0 saturated heterocycles. The van der Waals surface area contributed by atoms with E-state index >= 15 is 0 Å². The Morgan fingerprint density at radius 1 is 1.33 bits per heavy atom. The predicted octanol–water partition coefficient (Wildman–Crippen LogP) is 2.08. The Labute approximate surface area is 108 Å². The van der Waals surface area contributed by atoms with Crippen LogP contribution in [0.3, 0.4) is 0 Å². The van der Waals surface area contributed by atoms with Gasteiger partial charge in [-0.05, 0) is 38.8 Å². The van der Waals surface area contributed by atoms with Gasteiger partial charge in [-0.1, -0.05) is 13.8 Å². The largest absolute Gasteiger partial charge is 0.384 e. The van der Waals surface area contributed by atoms with Crippen molar-refractivity contribution in [2.45, 2.75) is 46.3 Å². The predicted molar refractivity (Wildman–Crippen MR) is 71.2 cm³/mol. The first-order chi connectivity index (χ1) is 8.21. The van der Waals surface area contributed by atoms with E-state index in [-0.39, 0.29) is 11.9 Å². The van der Waals surface area contributed by atoms with Crippen LogP contribution in [0.5, 0.6) is 0 Å². The van der Waals surface area contributed by atoms with E-state index in [0.717, 1.165) is 0 Å². The van der Waals surface area contributed by atoms with E-state index < -0.39 is 5.60 Å². The van der Waals surface area contributed by atoms with Crippen LogP contribution < -0.4 is 5.32 Å². The maximum absolute atomic E-state index is 11.9. The van der Waals surface area contributed by atoms with Crippen molar-refractivity contribution in [2.24, 2.45) is 5.92 Å². The van der Waals surface area contributed by atoms with Crippen LogP contribution in [0.1, 0.15) is 50.7 Å². The van der Waals surface area contributed by atoms with Crippen LogP contribution in [0.15, 0.2) is 18.3 Å². The molecule has 0 radical (unpaired) electrons. The van der Waals surface area contributed by atoms with Crippen LogP contribution in [0.2, 0.25) is 0 Å². The minimum atomic E-state index is -0.986. The average molecular weight is 250 g/mol. The highest BCUT2D eigenvalue weighted by atomic mass is 16.3. The number of hydrogen-bond donors (Lipinski definition) is 2. The molecule has 100 valence electrons. The van der Waals surface area contributed by atoms with Gasteiger partial charge in [0.1, 0.15) is 5.60 Å². The molecule has 0 aliphatic carbocycles. The Morgan fingerprint density at radius 3 is 2.33 bits per heavy atom. The molecule has 0 aliphatic heterocycles. The van der Waals surface area contributed by atoms with E-state index in [0.29, 0.717) is 17.2 Å². The van der Waals surface area contributed by atoms with Crippen LogP contribution >= 0.6 is 0 Å². The molecule has 1 rings (SSSR count). The summed E-state index contributed by atoms with van der Waals surface area (Å²) in [6, 6.07) is 3.48. The van der Waals surface area contributed by atoms with Crippen LogP contribution in [0.4, 0.5) is 0 Å². The summed E-state index contributed by atoms with van der Waals surface area (Å²) in [7, 11) is 0. The monoisotopic (exact) mass is 250 g/mol. The van der Waals surface area contributed by atoms with Gasteiger partial charge < -0.3 is 10.4 Å². The number of carbonyl (C=O) groups is 1. The smallest absolute Gasteiger partial charge is 0.253 e. The number of rotatable bonds is 4. The van der Waals surface area contributed by atoms with Crippen molar-refractivity contribution in [1.82, 2.24) is 10.3 Å². The summed E-state index contributed by atoms with van der Waals surface area (Å²) < 4.78 is 0. The molecule has 1 unspecified atom stereocenters. The van der Waals surface area contributed by atoms with E-state index in [2.05, 4.69) is 24.1 Å². The number of carbonyl (C=O) groups excluding carboxylic acids is 1. The van der Waals surface area contributed by atoms with Gasteiger partial charge >= 0.3 is 0 Å². The summed E-state index contributed by atoms with van der Waals surface area (Å²) in [4.78, 5) is 16.0. The molecular formula is C14H22N2O2. The fourth-order valence-corrected chi connectivity index (χ4v) is 1.35. The summed E-state index contributed by atoms with van der Waals surface area (Å²) in [6.45, 7) is 9.41. The fourth-order valence-electron chi connectivity index (χ4n) is 1.35. The molecule has 2 N–H and O–H groups in total. The Bertz CT molecular complexity index is 405. The number of aliphatic hydroxyl groups is 1. The molecule has 0 fully saturated rings. The lowest BCUT2D eigenvalue weighted by Crippen LogP contribution is -2.36. The number of nitrogens with one attached hydrogen (secondary N) is 1. The standard InChI is InChI=1S/C14H22N2O2/c1-9(2)10(3)16-13(17)11-6-7-12(15-8-11)14(4,5)18/h6-10,18H,1-5H3,(H,16,17). The normalized spacial score (nSPS) is 13.5. The topological polar surface area (TPSA) is 62.2 Å². The van der Waals surface area contributed by atoms with E-state index in [9.17, 15) is 9.90 Å². The second-order valence-corrected chi connectivity index (χ2v) is 5.50. The molecule has 4 nitrogen and oxygen atoms in total. The van der Waals surface area contributed by atoms with E-state index in [1.54, 1.807) is 26.0 Å². The molecular weight excluding hydrogens is 228 g/mol. The van der Waals surface area contributed by atoms with Crippen LogP contribution in [-0.2, 0) is 5.60 Å². The number of pyridine rings is 1. The minimum Gasteiger partial charge on any atom is -0.384 e. The lowest BCUT2D eigenvalue weighted by Gasteiger charge is -2.18. The first kappa shape index (κ1) is 14.6. The first-order valence-electron chi connectivity index (χ1n) is 6.21. The van der Waals surface area contributed by atoms with Gasteiger partial charge in [0.2, 0.25) is 0 Å². The third-order valence-electron chi connectivity index (χ3n) is 3.01. The highest BCUT2D eigenvalue weighted by molar-refractivity contribution is 5.94. The van der Waals surface area contributed by atoms with Crippen LogP contribution in [-0.4, -0.2) is 22.0 Å². The SMILES string of the molecule is CC(C)C(C)NC(=O)c1ccc(C(C)(C)O)nc1. The van der Waals surface area contributed by atoms with Gasteiger partial charge in [0.15, 0.2) is 0 Å². The van der Waals surface area contributed by atoms with Crippen molar-refractivity contribution in [3.8, 4) is 0 Å². The second-order valence-electron chi connectivity index (χ2n) is 5.50. The maximum atomic E-state index is 11.9. The second kappa shape index (κ2) is 5.48. The molecule has 0 saturated carbocycles. The zero-order valence-electron chi connectivity index (χ0n) is 11.7. The summed E-state index contributed by atoms with van der Waals surface area (Å²) in [6.07, 6.45) is 1.50. The highest BCUT2D eigenvalue weighted by Gasteiger charge is 2.18. The average Bonchev–Trinajstić information content (AvgIpc) is 2.27. The number of hydrogen-bond acceptors (Lipinski definition) is 3. The van der Waals surface area contributed by atoms with Crippen molar-refractivity contribution in [1.29, 1.82) is 0 Å². The number of nitrogens with zero attached hydrogens (tertiary/aromatic N) is 1. The van der Waals surface area contributed by atoms with Crippen LogP contribution in [0.25, 0.3) is 0 Å². The highest BCUT2D eigenvalue weighted by Crippen LogP contribution is 2.16. The van der Waals surface area contributed by atoms with Gasteiger partial charge in [-0.25, -0.2) is 0 Å². The van der Waals surface area contributed by atoms with E-state index in [4.69, 9.17) is 0 Å². The van der Waals surface area contributed by atoms with Crippen molar-refractivity contribution in [2.75, 3.05) is 0 Å². The summed E-state index contributed by atoms with van der Waals surface area (Å²) >= 11 is 0. The lowest BCUT2D eigenvalue weighted by atomic mass is 10.0. The third-order valence-corrected chi connectivity index (χ3v) is 3.01. The molecule has 1 heterocycles. The quantitative estimate of drug-likeness (QED) is 0.860. The molecule has 4 heteroatoms. The van der Waals surface area contributed by atoms with Crippen molar-refractivity contribution in [3.63, 3.8) is 0 Å². The van der Waals surface area contributed by atoms with Gasteiger partial charge in [0.05, 0.1) is 11.3 Å². The Morgan fingerprint density at radius 2 is 1.94 bits per heavy atom. The molecule has 1 atom stereocenters. The molecule has 1 aromatic rings. The third kappa shape index (κ3) is 3.81. The van der Waals surface area contributed by atoms with Gasteiger partial charge in [-0.2, -0.15) is 0 Å². The van der Waals surface area contributed by atoms with E-state index in [1.165, 1.54) is 6.20 Å². The van der Waals surface area contributed by atoms with Crippen LogP contribution in [0, 0.1) is 5.92 Å². The molecule has 0 spiro atoms. The summed E-state index contributed by atoms with van der Waals surface area (Å²) in [5, 5.41) is 12.7. The molecule has 18 heavy (non-hydrogen) atoms. The zero-order valence-corrected chi connectivity index (χ0v) is 11.7. The Kier molecular flexibility index (Phi) is 4.46. The maximum Gasteiger partial charge on any atom is 0.253 e. The van der Waals surface area contributed by atoms with Gasteiger partial charge in [0.25, 0.3) is 5.91 Å². The zero-order chi connectivity index (χ0) is 13.9. The van der Waals surface area contributed by atoms with Crippen molar-refractivity contribution >= 4 is 5.91 Å².